The lowest BCUT2D eigenvalue weighted by atomic mass is 9.99. The summed E-state index contributed by atoms with van der Waals surface area (Å²) < 4.78 is 26.4. The lowest BCUT2D eigenvalue weighted by Gasteiger charge is -2.11. The van der Waals surface area contributed by atoms with E-state index in [-0.39, 0.29) is 18.2 Å². The van der Waals surface area contributed by atoms with Gasteiger partial charge in [-0.15, -0.1) is 6.58 Å². The molecule has 0 saturated carbocycles. The van der Waals surface area contributed by atoms with Gasteiger partial charge in [-0.3, -0.25) is 4.79 Å². The molecule has 0 radical (unpaired) electrons. The summed E-state index contributed by atoms with van der Waals surface area (Å²) >= 11 is 0. The summed E-state index contributed by atoms with van der Waals surface area (Å²) in [5, 5.41) is 2.90. The van der Waals surface area contributed by atoms with Crippen LogP contribution in [0.25, 0.3) is 0 Å². The van der Waals surface area contributed by atoms with Crippen molar-refractivity contribution < 1.29 is 13.2 Å². The second-order valence-electron chi connectivity index (χ2n) is 7.19. The fraction of sp³-hybridized carbons (Fsp3) is 0.160. The van der Waals surface area contributed by atoms with Gasteiger partial charge >= 0.3 is 0 Å². The van der Waals surface area contributed by atoms with Crippen molar-refractivity contribution in [3.63, 3.8) is 0 Å². The Kier molecular flexibility index (Phi) is 7.76. The molecule has 0 aliphatic carbocycles. The standard InChI is InChI=1S/C25H26N2O3S/c1-2-18-26-31(29,30)19-21-13-16-23(17-14-21)27-25(28)24-11-7-6-10-22(24)15-12-20-8-4-3-5-9-20/h2-11,13-14,16-17,26H,1,12,15,18-19H2,(H,27,28). The number of aryl methyl sites for hydroxylation is 2. The Morgan fingerprint density at radius 3 is 2.23 bits per heavy atom. The van der Waals surface area contributed by atoms with Gasteiger partial charge in [-0.1, -0.05) is 66.7 Å². The maximum atomic E-state index is 12.9. The summed E-state index contributed by atoms with van der Waals surface area (Å²) in [7, 11) is -3.42. The molecule has 3 aromatic rings. The molecule has 31 heavy (non-hydrogen) atoms. The smallest absolute Gasteiger partial charge is 0.255 e. The predicted octanol–water partition coefficient (Wildman–Crippen LogP) is 4.33. The summed E-state index contributed by atoms with van der Waals surface area (Å²) in [4.78, 5) is 12.9. The lowest BCUT2D eigenvalue weighted by molar-refractivity contribution is 0.102. The maximum absolute atomic E-state index is 12.9. The van der Waals surface area contributed by atoms with Crippen molar-refractivity contribution in [3.8, 4) is 0 Å². The zero-order valence-electron chi connectivity index (χ0n) is 17.3. The minimum Gasteiger partial charge on any atom is -0.322 e. The Morgan fingerprint density at radius 1 is 0.839 bits per heavy atom. The zero-order valence-corrected chi connectivity index (χ0v) is 18.1. The number of nitrogens with one attached hydrogen (secondary N) is 2. The van der Waals surface area contributed by atoms with Crippen LogP contribution in [-0.4, -0.2) is 20.9 Å². The largest absolute Gasteiger partial charge is 0.322 e. The Bertz CT molecular complexity index is 1120. The van der Waals surface area contributed by atoms with E-state index in [1.807, 2.05) is 42.5 Å². The SMILES string of the molecule is C=CCNS(=O)(=O)Cc1ccc(NC(=O)c2ccccc2CCc2ccccc2)cc1. The molecule has 3 aromatic carbocycles. The van der Waals surface area contributed by atoms with Crippen LogP contribution in [0.15, 0.2) is 91.5 Å². The first-order chi connectivity index (χ1) is 15.0. The van der Waals surface area contributed by atoms with Gasteiger partial charge < -0.3 is 5.32 Å². The summed E-state index contributed by atoms with van der Waals surface area (Å²) in [6.07, 6.45) is 3.12. The highest BCUT2D eigenvalue weighted by molar-refractivity contribution is 7.88. The van der Waals surface area contributed by atoms with Crippen LogP contribution in [0, 0.1) is 0 Å². The number of benzene rings is 3. The average Bonchev–Trinajstić information content (AvgIpc) is 2.78. The molecule has 0 bridgehead atoms. The van der Waals surface area contributed by atoms with E-state index in [1.54, 1.807) is 24.3 Å². The van der Waals surface area contributed by atoms with Crippen LogP contribution >= 0.6 is 0 Å². The van der Waals surface area contributed by atoms with Crippen molar-refractivity contribution in [2.45, 2.75) is 18.6 Å². The first kappa shape index (κ1) is 22.5. The predicted molar refractivity (Wildman–Crippen MR) is 126 cm³/mol. The third-order valence-electron chi connectivity index (χ3n) is 4.80. The van der Waals surface area contributed by atoms with E-state index in [1.165, 1.54) is 11.6 Å². The van der Waals surface area contributed by atoms with Gasteiger partial charge in [0.2, 0.25) is 10.0 Å². The molecule has 3 rings (SSSR count). The zero-order chi connectivity index (χ0) is 22.1. The van der Waals surface area contributed by atoms with E-state index in [0.717, 1.165) is 18.4 Å². The van der Waals surface area contributed by atoms with E-state index in [0.29, 0.717) is 16.8 Å². The van der Waals surface area contributed by atoms with Crippen LogP contribution in [0.4, 0.5) is 5.69 Å². The first-order valence-corrected chi connectivity index (χ1v) is 11.7. The van der Waals surface area contributed by atoms with E-state index >= 15 is 0 Å². The molecule has 6 heteroatoms. The molecule has 0 fully saturated rings. The quantitative estimate of drug-likeness (QED) is 0.467. The minimum atomic E-state index is -3.42. The summed E-state index contributed by atoms with van der Waals surface area (Å²) in [6.45, 7) is 3.70. The molecule has 0 aromatic heterocycles. The second kappa shape index (κ2) is 10.7. The first-order valence-electron chi connectivity index (χ1n) is 10.1. The second-order valence-corrected chi connectivity index (χ2v) is 9.00. The van der Waals surface area contributed by atoms with Crippen LogP contribution in [0.3, 0.4) is 0 Å². The molecule has 1 amide bonds. The Balaban J connectivity index is 1.64. The van der Waals surface area contributed by atoms with Gasteiger partial charge in [0.15, 0.2) is 0 Å². The van der Waals surface area contributed by atoms with Gasteiger partial charge in [0.05, 0.1) is 5.75 Å². The highest BCUT2D eigenvalue weighted by atomic mass is 32.2. The molecule has 5 nitrogen and oxygen atoms in total. The summed E-state index contributed by atoms with van der Waals surface area (Å²) in [5.74, 6) is -0.311. The maximum Gasteiger partial charge on any atom is 0.255 e. The monoisotopic (exact) mass is 434 g/mol. The van der Waals surface area contributed by atoms with Crippen LogP contribution in [0.1, 0.15) is 27.0 Å². The highest BCUT2D eigenvalue weighted by Crippen LogP contribution is 2.17. The average molecular weight is 435 g/mol. The molecule has 0 unspecified atom stereocenters. The van der Waals surface area contributed by atoms with Gasteiger partial charge in [0.1, 0.15) is 0 Å². The Morgan fingerprint density at radius 2 is 1.52 bits per heavy atom. The molecular formula is C25H26N2O3S. The normalized spacial score (nSPS) is 11.1. The van der Waals surface area contributed by atoms with Gasteiger partial charge in [-0.05, 0) is 47.7 Å². The van der Waals surface area contributed by atoms with Crippen LogP contribution in [-0.2, 0) is 28.6 Å². The van der Waals surface area contributed by atoms with Gasteiger partial charge in [0.25, 0.3) is 5.91 Å². The fourth-order valence-corrected chi connectivity index (χ4v) is 4.33. The van der Waals surface area contributed by atoms with Crippen molar-refractivity contribution in [2.75, 3.05) is 11.9 Å². The molecule has 0 spiro atoms. The number of anilines is 1. The molecular weight excluding hydrogens is 408 g/mol. The molecule has 0 saturated heterocycles. The van der Waals surface area contributed by atoms with E-state index < -0.39 is 10.0 Å². The van der Waals surface area contributed by atoms with Crippen LogP contribution in [0.5, 0.6) is 0 Å². The van der Waals surface area contributed by atoms with Crippen molar-refractivity contribution >= 4 is 21.6 Å². The van der Waals surface area contributed by atoms with Crippen molar-refractivity contribution in [1.29, 1.82) is 0 Å². The topological polar surface area (TPSA) is 75.3 Å². The number of carbonyl (C=O) groups is 1. The van der Waals surface area contributed by atoms with Crippen molar-refractivity contribution in [2.24, 2.45) is 0 Å². The number of sulfonamides is 1. The van der Waals surface area contributed by atoms with Gasteiger partial charge in [-0.2, -0.15) is 0 Å². The van der Waals surface area contributed by atoms with Crippen molar-refractivity contribution in [3.05, 3.63) is 114 Å². The number of rotatable bonds is 10. The molecule has 0 heterocycles. The van der Waals surface area contributed by atoms with E-state index in [9.17, 15) is 13.2 Å². The Hall–Kier alpha value is -3.22. The van der Waals surface area contributed by atoms with Gasteiger partial charge in [0, 0.05) is 17.8 Å². The Labute approximate surface area is 183 Å². The third kappa shape index (κ3) is 6.91. The van der Waals surface area contributed by atoms with Crippen LogP contribution in [0.2, 0.25) is 0 Å². The lowest BCUT2D eigenvalue weighted by Crippen LogP contribution is -2.25. The highest BCUT2D eigenvalue weighted by Gasteiger charge is 2.13. The number of hydrogen-bond acceptors (Lipinski definition) is 3. The van der Waals surface area contributed by atoms with E-state index in [4.69, 9.17) is 0 Å². The third-order valence-corrected chi connectivity index (χ3v) is 6.12. The molecule has 160 valence electrons. The van der Waals surface area contributed by atoms with Gasteiger partial charge in [-0.25, -0.2) is 13.1 Å². The molecule has 0 aliphatic heterocycles. The van der Waals surface area contributed by atoms with E-state index in [2.05, 4.69) is 28.8 Å². The number of amides is 1. The minimum absolute atomic E-state index is 0.128. The summed E-state index contributed by atoms with van der Waals surface area (Å²) in [6, 6.07) is 24.6. The van der Waals surface area contributed by atoms with Crippen LogP contribution < -0.4 is 10.0 Å². The molecule has 0 atom stereocenters. The van der Waals surface area contributed by atoms with Crippen molar-refractivity contribution in [1.82, 2.24) is 4.72 Å². The molecule has 0 aliphatic rings. The fourth-order valence-electron chi connectivity index (χ4n) is 3.22. The summed E-state index contributed by atoms with van der Waals surface area (Å²) in [5.41, 5.74) is 4.10. The number of carbonyl (C=O) groups excluding carboxylic acids is 1. The molecule has 2 N–H and O–H groups in total. The number of hydrogen-bond donors (Lipinski definition) is 2.